The van der Waals surface area contributed by atoms with Crippen LogP contribution in [0.25, 0.3) is 0 Å². The number of likely N-dealkylation sites (N-methyl/N-ethyl adjacent to an activating group) is 1. The Bertz CT molecular complexity index is 929. The molecular formula is C30H48N4O4. The number of ether oxygens (including phenoxy) is 1. The van der Waals surface area contributed by atoms with Crippen LogP contribution in [-0.2, 0) is 0 Å². The molecule has 38 heavy (non-hydrogen) atoms. The van der Waals surface area contributed by atoms with Crippen LogP contribution in [0.2, 0.25) is 0 Å². The highest BCUT2D eigenvalue weighted by Gasteiger charge is 2.35. The molecule has 3 amide bonds. The molecular weight excluding hydrogens is 480 g/mol. The molecule has 0 spiro atoms. The molecule has 8 heteroatoms. The highest BCUT2D eigenvalue weighted by molar-refractivity contribution is 6.01. The maximum atomic E-state index is 13.7. The molecule has 4 rings (SSSR count). The van der Waals surface area contributed by atoms with Crippen LogP contribution in [-0.4, -0.2) is 78.3 Å². The Labute approximate surface area is 228 Å². The van der Waals surface area contributed by atoms with E-state index in [9.17, 15) is 14.7 Å². The minimum Gasteiger partial charge on any atom is -0.486 e. The molecule has 8 nitrogen and oxygen atoms in total. The van der Waals surface area contributed by atoms with Crippen molar-refractivity contribution in [2.45, 2.75) is 96.2 Å². The first-order chi connectivity index (χ1) is 18.4. The van der Waals surface area contributed by atoms with Gasteiger partial charge in [0, 0.05) is 31.6 Å². The van der Waals surface area contributed by atoms with Gasteiger partial charge in [0.2, 0.25) is 0 Å². The quantitative estimate of drug-likeness (QED) is 0.447. The van der Waals surface area contributed by atoms with E-state index in [1.807, 2.05) is 6.92 Å². The van der Waals surface area contributed by atoms with Crippen molar-refractivity contribution in [3.05, 3.63) is 23.8 Å². The first kappa shape index (κ1) is 28.7. The number of nitrogens with one attached hydrogen (secondary N) is 2. The Hall–Kier alpha value is -2.32. The van der Waals surface area contributed by atoms with Gasteiger partial charge in [-0.3, -0.25) is 4.79 Å². The standard InChI is InChI=1S/C30H48N4O4/c1-21-17-34(22(2)20-35)29(36)25-15-10-16-26(32-30(37)31-24-13-8-5-9-14-24)28(25)38-27(21)19-33(3)18-23-11-6-4-7-12-23/h10,15-16,21-24,27,35H,4-9,11-14,17-20H2,1-3H3,(H2,31,32,37)/t21-,22-,27+/m1/s1. The highest BCUT2D eigenvalue weighted by Crippen LogP contribution is 2.35. The summed E-state index contributed by atoms with van der Waals surface area (Å²) >= 11 is 0. The molecule has 2 saturated carbocycles. The molecule has 0 unspecified atom stereocenters. The zero-order chi connectivity index (χ0) is 27.1. The number of carbonyl (C=O) groups is 2. The van der Waals surface area contributed by atoms with Crippen LogP contribution in [0.15, 0.2) is 18.2 Å². The van der Waals surface area contributed by atoms with Crippen molar-refractivity contribution in [1.82, 2.24) is 15.1 Å². The summed E-state index contributed by atoms with van der Waals surface area (Å²) < 4.78 is 6.67. The highest BCUT2D eigenvalue weighted by atomic mass is 16.5. The number of para-hydroxylation sites is 1. The maximum Gasteiger partial charge on any atom is 0.319 e. The third kappa shape index (κ3) is 7.41. The molecule has 3 N–H and O–H groups in total. The molecule has 2 aliphatic carbocycles. The van der Waals surface area contributed by atoms with Crippen LogP contribution in [0.4, 0.5) is 10.5 Å². The first-order valence-electron chi connectivity index (χ1n) is 14.8. The van der Waals surface area contributed by atoms with Crippen LogP contribution >= 0.6 is 0 Å². The zero-order valence-electron chi connectivity index (χ0n) is 23.6. The van der Waals surface area contributed by atoms with Crippen molar-refractivity contribution in [3.63, 3.8) is 0 Å². The van der Waals surface area contributed by atoms with E-state index in [2.05, 4.69) is 29.5 Å². The maximum absolute atomic E-state index is 13.7. The Morgan fingerprint density at radius 3 is 2.47 bits per heavy atom. The van der Waals surface area contributed by atoms with E-state index in [0.717, 1.165) is 44.7 Å². The minimum absolute atomic E-state index is 0.0408. The van der Waals surface area contributed by atoms with Gasteiger partial charge in [-0.25, -0.2) is 4.79 Å². The van der Waals surface area contributed by atoms with Gasteiger partial charge >= 0.3 is 6.03 Å². The molecule has 0 radical (unpaired) electrons. The fraction of sp³-hybridized carbons (Fsp3) is 0.733. The molecule has 0 bridgehead atoms. The van der Waals surface area contributed by atoms with Crippen LogP contribution < -0.4 is 15.4 Å². The molecule has 3 aliphatic rings. The van der Waals surface area contributed by atoms with E-state index in [-0.39, 0.29) is 42.7 Å². The summed E-state index contributed by atoms with van der Waals surface area (Å²) in [6.45, 7) is 6.15. The Morgan fingerprint density at radius 2 is 1.79 bits per heavy atom. The van der Waals surface area contributed by atoms with Crippen molar-refractivity contribution in [3.8, 4) is 5.75 Å². The Kier molecular flexibility index (Phi) is 10.3. The van der Waals surface area contributed by atoms with Crippen molar-refractivity contribution < 1.29 is 19.4 Å². The molecule has 1 aliphatic heterocycles. The topological polar surface area (TPSA) is 94.1 Å². The van der Waals surface area contributed by atoms with Crippen molar-refractivity contribution in [1.29, 1.82) is 0 Å². The second kappa shape index (κ2) is 13.7. The second-order valence-corrected chi connectivity index (χ2v) is 12.0. The molecule has 1 aromatic rings. The number of benzene rings is 1. The summed E-state index contributed by atoms with van der Waals surface area (Å²) in [6, 6.07) is 4.96. The lowest BCUT2D eigenvalue weighted by Crippen LogP contribution is -2.50. The largest absolute Gasteiger partial charge is 0.486 e. The first-order valence-corrected chi connectivity index (χ1v) is 14.8. The smallest absolute Gasteiger partial charge is 0.319 e. The number of aliphatic hydroxyl groups is 1. The van der Waals surface area contributed by atoms with E-state index in [0.29, 0.717) is 23.5 Å². The van der Waals surface area contributed by atoms with Crippen LogP contribution in [0, 0.1) is 11.8 Å². The van der Waals surface area contributed by atoms with Crippen molar-refractivity contribution >= 4 is 17.6 Å². The fourth-order valence-corrected chi connectivity index (χ4v) is 6.34. The van der Waals surface area contributed by atoms with E-state index in [1.165, 1.54) is 38.5 Å². The van der Waals surface area contributed by atoms with Gasteiger partial charge in [0.15, 0.2) is 5.75 Å². The summed E-state index contributed by atoms with van der Waals surface area (Å²) in [5.74, 6) is 1.00. The summed E-state index contributed by atoms with van der Waals surface area (Å²) in [7, 11) is 2.16. The zero-order valence-corrected chi connectivity index (χ0v) is 23.6. The Morgan fingerprint density at radius 1 is 1.11 bits per heavy atom. The summed E-state index contributed by atoms with van der Waals surface area (Å²) in [6.07, 6.45) is 11.9. The lowest BCUT2D eigenvalue weighted by atomic mass is 9.89. The van der Waals surface area contributed by atoms with Gasteiger partial charge in [0.1, 0.15) is 6.10 Å². The number of hydrogen-bond donors (Lipinski definition) is 3. The number of urea groups is 1. The van der Waals surface area contributed by atoms with Gasteiger partial charge in [-0.05, 0) is 57.7 Å². The van der Waals surface area contributed by atoms with Gasteiger partial charge in [-0.15, -0.1) is 0 Å². The summed E-state index contributed by atoms with van der Waals surface area (Å²) in [5, 5.41) is 16.0. The monoisotopic (exact) mass is 528 g/mol. The number of hydrogen-bond acceptors (Lipinski definition) is 5. The van der Waals surface area contributed by atoms with Gasteiger partial charge in [0.25, 0.3) is 5.91 Å². The minimum atomic E-state index is -0.317. The number of nitrogens with zero attached hydrogens (tertiary/aromatic N) is 2. The van der Waals surface area contributed by atoms with Crippen LogP contribution in [0.3, 0.4) is 0 Å². The third-order valence-corrected chi connectivity index (χ3v) is 8.67. The predicted octanol–water partition coefficient (Wildman–Crippen LogP) is 4.87. The number of rotatable bonds is 8. The molecule has 0 aromatic heterocycles. The molecule has 212 valence electrons. The lowest BCUT2D eigenvalue weighted by Gasteiger charge is -2.39. The fourth-order valence-electron chi connectivity index (χ4n) is 6.34. The summed E-state index contributed by atoms with van der Waals surface area (Å²) in [4.78, 5) is 30.8. The van der Waals surface area contributed by atoms with E-state index in [4.69, 9.17) is 4.74 Å². The molecule has 2 fully saturated rings. The van der Waals surface area contributed by atoms with Gasteiger partial charge in [-0.2, -0.15) is 0 Å². The number of aliphatic hydroxyl groups excluding tert-OH is 1. The number of carbonyl (C=O) groups excluding carboxylic acids is 2. The van der Waals surface area contributed by atoms with Crippen molar-refractivity contribution in [2.75, 3.05) is 38.6 Å². The molecule has 1 heterocycles. The summed E-state index contributed by atoms with van der Waals surface area (Å²) in [5.41, 5.74) is 0.933. The van der Waals surface area contributed by atoms with Gasteiger partial charge in [0.05, 0.1) is 23.9 Å². The predicted molar refractivity (Wildman–Crippen MR) is 151 cm³/mol. The van der Waals surface area contributed by atoms with E-state index in [1.54, 1.807) is 23.1 Å². The lowest BCUT2D eigenvalue weighted by molar-refractivity contribution is 0.0333. The van der Waals surface area contributed by atoms with E-state index < -0.39 is 0 Å². The number of anilines is 1. The van der Waals surface area contributed by atoms with Crippen LogP contribution in [0.1, 0.15) is 88.4 Å². The van der Waals surface area contributed by atoms with Crippen LogP contribution in [0.5, 0.6) is 5.75 Å². The third-order valence-electron chi connectivity index (χ3n) is 8.67. The normalized spacial score (nSPS) is 24.2. The molecule has 1 aromatic carbocycles. The average molecular weight is 529 g/mol. The van der Waals surface area contributed by atoms with E-state index >= 15 is 0 Å². The van der Waals surface area contributed by atoms with Gasteiger partial charge in [-0.1, -0.05) is 51.5 Å². The molecule has 0 saturated heterocycles. The number of amides is 3. The van der Waals surface area contributed by atoms with Gasteiger partial charge < -0.3 is 30.3 Å². The van der Waals surface area contributed by atoms with Crippen molar-refractivity contribution in [2.24, 2.45) is 11.8 Å². The number of fused-ring (bicyclic) bond motifs is 1. The average Bonchev–Trinajstić information content (AvgIpc) is 2.91. The second-order valence-electron chi connectivity index (χ2n) is 12.0. The molecule has 3 atom stereocenters. The SMILES string of the molecule is C[C@@H]1CN([C@H](C)CO)C(=O)c2cccc(NC(=O)NC3CCCCC3)c2O[C@H]1CN(C)CC1CCCCC1. The Balaban J connectivity index is 1.57.